The molecule has 1 aliphatic rings. The van der Waals surface area contributed by atoms with Crippen LogP contribution < -0.4 is 20.1 Å². The van der Waals surface area contributed by atoms with Gasteiger partial charge in [0.2, 0.25) is 0 Å². The quantitative estimate of drug-likeness (QED) is 0.790. The average molecular weight is 318 g/mol. The number of allylic oxidation sites excluding steroid dienone is 1. The van der Waals surface area contributed by atoms with Crippen molar-refractivity contribution in [1.82, 2.24) is 10.6 Å². The summed E-state index contributed by atoms with van der Waals surface area (Å²) < 4.78 is 10.8. The van der Waals surface area contributed by atoms with Gasteiger partial charge in [-0.05, 0) is 44.9 Å². The summed E-state index contributed by atoms with van der Waals surface area (Å²) in [5.74, 6) is 1.13. The lowest BCUT2D eigenvalue weighted by atomic mass is 9.99. The number of carbonyl (C=O) groups excluding carboxylic acids is 1. The van der Waals surface area contributed by atoms with E-state index in [0.29, 0.717) is 23.5 Å². The van der Waals surface area contributed by atoms with E-state index in [-0.39, 0.29) is 18.0 Å². The van der Waals surface area contributed by atoms with Gasteiger partial charge in [-0.25, -0.2) is 0 Å². The van der Waals surface area contributed by atoms with Gasteiger partial charge in [0.15, 0.2) is 11.5 Å². The second-order valence-corrected chi connectivity index (χ2v) is 5.83. The molecule has 0 bridgehead atoms. The molecule has 0 saturated carbocycles. The Kier molecular flexibility index (Phi) is 6.04. The minimum Gasteiger partial charge on any atom is -0.493 e. The van der Waals surface area contributed by atoms with Crippen LogP contribution in [0.3, 0.4) is 0 Å². The molecule has 126 valence electrons. The topological polar surface area (TPSA) is 59.6 Å². The summed E-state index contributed by atoms with van der Waals surface area (Å²) in [5.41, 5.74) is 1.47. The van der Waals surface area contributed by atoms with E-state index in [0.717, 1.165) is 24.9 Å². The molecule has 2 unspecified atom stereocenters. The molecule has 1 aromatic carbocycles. The van der Waals surface area contributed by atoms with Crippen LogP contribution >= 0.6 is 0 Å². The highest BCUT2D eigenvalue weighted by atomic mass is 16.5. The second-order valence-electron chi connectivity index (χ2n) is 5.83. The predicted molar refractivity (Wildman–Crippen MR) is 91.4 cm³/mol. The number of methoxy groups -OCH3 is 2. The highest BCUT2D eigenvalue weighted by Crippen LogP contribution is 2.33. The summed E-state index contributed by atoms with van der Waals surface area (Å²) in [7, 11) is 3.17. The lowest BCUT2D eigenvalue weighted by Crippen LogP contribution is -2.51. The van der Waals surface area contributed by atoms with Gasteiger partial charge in [0, 0.05) is 23.2 Å². The fourth-order valence-corrected chi connectivity index (χ4v) is 2.97. The molecule has 2 N–H and O–H groups in total. The zero-order valence-electron chi connectivity index (χ0n) is 14.1. The maximum Gasteiger partial charge on any atom is 0.251 e. The Hall–Kier alpha value is -2.01. The van der Waals surface area contributed by atoms with Crippen LogP contribution in [-0.4, -0.2) is 38.8 Å². The standard InChI is InChI=1S/C18H26N2O3/c1-5-7-13-10-14(11-16(22-3)17(13)23-4)18(21)20-15-8-6-9-19-12(15)2/h5,10-12,15,19H,1,6-9H2,2-4H3,(H,20,21). The van der Waals surface area contributed by atoms with Crippen molar-refractivity contribution in [2.24, 2.45) is 0 Å². The van der Waals surface area contributed by atoms with Crippen LogP contribution in [0, 0.1) is 0 Å². The molecule has 0 aromatic heterocycles. The Morgan fingerprint density at radius 3 is 2.83 bits per heavy atom. The summed E-state index contributed by atoms with van der Waals surface area (Å²) in [6.45, 7) is 6.87. The molecule has 2 atom stereocenters. The van der Waals surface area contributed by atoms with Crippen LogP contribution in [0.5, 0.6) is 11.5 Å². The first-order valence-electron chi connectivity index (χ1n) is 8.00. The number of nitrogens with one attached hydrogen (secondary N) is 2. The molecule has 1 fully saturated rings. The van der Waals surface area contributed by atoms with E-state index in [2.05, 4.69) is 24.1 Å². The van der Waals surface area contributed by atoms with Crippen molar-refractivity contribution in [3.63, 3.8) is 0 Å². The van der Waals surface area contributed by atoms with Crippen molar-refractivity contribution >= 4 is 5.91 Å². The van der Waals surface area contributed by atoms with Crippen molar-refractivity contribution in [2.75, 3.05) is 20.8 Å². The van der Waals surface area contributed by atoms with E-state index >= 15 is 0 Å². The number of rotatable bonds is 6. The molecule has 0 radical (unpaired) electrons. The fraction of sp³-hybridized carbons (Fsp3) is 0.500. The maximum atomic E-state index is 12.6. The number of piperidine rings is 1. The highest BCUT2D eigenvalue weighted by molar-refractivity contribution is 5.95. The number of benzene rings is 1. The number of ether oxygens (including phenoxy) is 2. The first kappa shape index (κ1) is 17.3. The van der Waals surface area contributed by atoms with E-state index < -0.39 is 0 Å². The van der Waals surface area contributed by atoms with Crippen LogP contribution in [0.15, 0.2) is 24.8 Å². The zero-order chi connectivity index (χ0) is 16.8. The lowest BCUT2D eigenvalue weighted by molar-refractivity contribution is 0.0919. The minimum atomic E-state index is -0.0863. The van der Waals surface area contributed by atoms with Gasteiger partial charge in [0.05, 0.1) is 14.2 Å². The van der Waals surface area contributed by atoms with E-state index in [9.17, 15) is 4.79 Å². The average Bonchev–Trinajstić information content (AvgIpc) is 2.56. The molecule has 2 rings (SSSR count). The van der Waals surface area contributed by atoms with Crippen LogP contribution in [0.1, 0.15) is 35.7 Å². The molecule has 0 spiro atoms. The SMILES string of the molecule is C=CCc1cc(C(=O)NC2CCCNC2C)cc(OC)c1OC. The fourth-order valence-electron chi connectivity index (χ4n) is 2.97. The Bertz CT molecular complexity index is 572. The van der Waals surface area contributed by atoms with E-state index in [4.69, 9.17) is 9.47 Å². The van der Waals surface area contributed by atoms with Crippen molar-refractivity contribution in [2.45, 2.75) is 38.3 Å². The molecule has 1 amide bonds. The van der Waals surface area contributed by atoms with Crippen LogP contribution in [0.25, 0.3) is 0 Å². The second kappa shape index (κ2) is 8.02. The Balaban J connectivity index is 2.25. The van der Waals surface area contributed by atoms with Crippen molar-refractivity contribution in [3.05, 3.63) is 35.9 Å². The first-order chi connectivity index (χ1) is 11.1. The van der Waals surface area contributed by atoms with Crippen LogP contribution in [0.4, 0.5) is 0 Å². The highest BCUT2D eigenvalue weighted by Gasteiger charge is 2.24. The zero-order valence-corrected chi connectivity index (χ0v) is 14.1. The van der Waals surface area contributed by atoms with E-state index in [1.54, 1.807) is 26.4 Å². The lowest BCUT2D eigenvalue weighted by Gasteiger charge is -2.30. The van der Waals surface area contributed by atoms with Gasteiger partial charge in [-0.1, -0.05) is 6.08 Å². The van der Waals surface area contributed by atoms with E-state index in [1.165, 1.54) is 0 Å². The smallest absolute Gasteiger partial charge is 0.251 e. The summed E-state index contributed by atoms with van der Waals surface area (Å²) in [6, 6.07) is 3.99. The van der Waals surface area contributed by atoms with Gasteiger partial charge in [-0.15, -0.1) is 6.58 Å². The number of carbonyl (C=O) groups is 1. The molecule has 23 heavy (non-hydrogen) atoms. The monoisotopic (exact) mass is 318 g/mol. The van der Waals surface area contributed by atoms with Crippen molar-refractivity contribution < 1.29 is 14.3 Å². The Labute approximate surface area is 138 Å². The molecule has 1 aromatic rings. The number of hydrogen-bond donors (Lipinski definition) is 2. The van der Waals surface area contributed by atoms with Gasteiger partial charge in [-0.2, -0.15) is 0 Å². The molecule has 1 saturated heterocycles. The summed E-state index contributed by atoms with van der Waals surface area (Å²) in [4.78, 5) is 12.6. The van der Waals surface area contributed by atoms with Gasteiger partial charge in [0.25, 0.3) is 5.91 Å². The summed E-state index contributed by atoms with van der Waals surface area (Å²) in [6.07, 6.45) is 4.46. The molecule has 0 aliphatic carbocycles. The maximum absolute atomic E-state index is 12.6. The normalized spacial score (nSPS) is 20.7. The van der Waals surface area contributed by atoms with Crippen LogP contribution in [-0.2, 0) is 6.42 Å². The van der Waals surface area contributed by atoms with Gasteiger partial charge in [0.1, 0.15) is 0 Å². The predicted octanol–water partition coefficient (Wildman–Crippen LogP) is 2.30. The number of amides is 1. The molecule has 5 nitrogen and oxygen atoms in total. The Morgan fingerprint density at radius 1 is 1.43 bits per heavy atom. The third kappa shape index (κ3) is 4.05. The molecule has 1 heterocycles. The van der Waals surface area contributed by atoms with Gasteiger partial charge < -0.3 is 20.1 Å². The Morgan fingerprint density at radius 2 is 2.22 bits per heavy atom. The van der Waals surface area contributed by atoms with Crippen molar-refractivity contribution in [1.29, 1.82) is 0 Å². The van der Waals surface area contributed by atoms with E-state index in [1.807, 2.05) is 6.07 Å². The molecular weight excluding hydrogens is 292 g/mol. The third-order valence-electron chi connectivity index (χ3n) is 4.26. The molecule has 1 aliphatic heterocycles. The van der Waals surface area contributed by atoms with Gasteiger partial charge in [-0.3, -0.25) is 4.79 Å². The molecular formula is C18H26N2O3. The van der Waals surface area contributed by atoms with Crippen molar-refractivity contribution in [3.8, 4) is 11.5 Å². The summed E-state index contributed by atoms with van der Waals surface area (Å²) >= 11 is 0. The first-order valence-corrected chi connectivity index (χ1v) is 8.00. The molecule has 5 heteroatoms. The largest absolute Gasteiger partial charge is 0.493 e. The number of hydrogen-bond acceptors (Lipinski definition) is 4. The third-order valence-corrected chi connectivity index (χ3v) is 4.26. The van der Waals surface area contributed by atoms with Gasteiger partial charge >= 0.3 is 0 Å². The minimum absolute atomic E-state index is 0.0863. The summed E-state index contributed by atoms with van der Waals surface area (Å²) in [5, 5.41) is 6.51. The van der Waals surface area contributed by atoms with Crippen LogP contribution in [0.2, 0.25) is 0 Å².